The summed E-state index contributed by atoms with van der Waals surface area (Å²) in [6.07, 6.45) is 0. The number of hydrogen-bond donors (Lipinski definition) is 1. The summed E-state index contributed by atoms with van der Waals surface area (Å²) >= 11 is 23.9. The average Bonchev–Trinajstić information content (AvgIpc) is 2.39. The first-order valence-electron chi connectivity index (χ1n) is 5.74. The van der Waals surface area contributed by atoms with Crippen LogP contribution in [-0.4, -0.2) is 5.91 Å². The molecule has 0 heterocycles. The highest BCUT2D eigenvalue weighted by Gasteiger charge is 2.13. The lowest BCUT2D eigenvalue weighted by molar-refractivity contribution is 0.1000. The summed E-state index contributed by atoms with van der Waals surface area (Å²) in [5.41, 5.74) is 6.11. The molecule has 21 heavy (non-hydrogen) atoms. The monoisotopic (exact) mass is 363 g/mol. The lowest BCUT2D eigenvalue weighted by Gasteiger charge is -2.12. The number of carbonyl (C=O) groups is 1. The molecule has 0 fully saturated rings. The third kappa shape index (κ3) is 3.95. The summed E-state index contributed by atoms with van der Waals surface area (Å²) in [6.45, 7) is 0.158. The van der Waals surface area contributed by atoms with Gasteiger partial charge in [-0.1, -0.05) is 52.5 Å². The van der Waals surface area contributed by atoms with Crippen LogP contribution >= 0.6 is 46.4 Å². The number of ether oxygens (including phenoxy) is 1. The van der Waals surface area contributed by atoms with Crippen LogP contribution in [0.5, 0.6) is 5.75 Å². The molecule has 0 aliphatic heterocycles. The molecule has 1 amide bonds. The van der Waals surface area contributed by atoms with Gasteiger partial charge in [-0.15, -0.1) is 0 Å². The van der Waals surface area contributed by atoms with Gasteiger partial charge in [-0.2, -0.15) is 0 Å². The third-order valence-corrected chi connectivity index (χ3v) is 3.82. The van der Waals surface area contributed by atoms with Crippen molar-refractivity contribution < 1.29 is 9.53 Å². The molecule has 2 rings (SSSR count). The minimum Gasteiger partial charge on any atom is -0.486 e. The summed E-state index contributed by atoms with van der Waals surface area (Å²) in [5, 5.41) is 1.40. The topological polar surface area (TPSA) is 52.3 Å². The second-order valence-corrected chi connectivity index (χ2v) is 5.82. The number of nitrogens with two attached hydrogens (primary N) is 1. The second-order valence-electron chi connectivity index (χ2n) is 4.16. The van der Waals surface area contributed by atoms with Gasteiger partial charge in [-0.05, 0) is 24.3 Å². The van der Waals surface area contributed by atoms with E-state index in [0.717, 1.165) is 5.56 Å². The van der Waals surface area contributed by atoms with Gasteiger partial charge >= 0.3 is 0 Å². The van der Waals surface area contributed by atoms with Crippen LogP contribution in [0.15, 0.2) is 30.3 Å². The molecule has 3 nitrogen and oxygen atoms in total. The Balaban J connectivity index is 2.22. The molecule has 0 saturated heterocycles. The fourth-order valence-corrected chi connectivity index (χ4v) is 2.69. The first-order valence-corrected chi connectivity index (χ1v) is 7.25. The molecule has 0 saturated carbocycles. The molecule has 0 bridgehead atoms. The predicted octanol–water partition coefficient (Wildman–Crippen LogP) is 4.98. The van der Waals surface area contributed by atoms with Gasteiger partial charge in [-0.25, -0.2) is 0 Å². The Kier molecular flexibility index (Phi) is 5.22. The van der Waals surface area contributed by atoms with Crippen molar-refractivity contribution in [3.05, 3.63) is 61.5 Å². The molecular formula is C14H9Cl4NO2. The molecule has 0 aliphatic carbocycles. The summed E-state index contributed by atoms with van der Waals surface area (Å²) in [7, 11) is 0. The first-order chi connectivity index (χ1) is 9.88. The molecule has 2 aromatic carbocycles. The maximum Gasteiger partial charge on any atom is 0.248 e. The number of carbonyl (C=O) groups excluding carboxylic acids is 1. The maximum atomic E-state index is 11.1. The fraction of sp³-hybridized carbons (Fsp3) is 0.0714. The second kappa shape index (κ2) is 6.75. The minimum absolute atomic E-state index is 0.158. The van der Waals surface area contributed by atoms with Gasteiger partial charge in [0.1, 0.15) is 6.61 Å². The van der Waals surface area contributed by atoms with Gasteiger partial charge in [-0.3, -0.25) is 4.79 Å². The summed E-state index contributed by atoms with van der Waals surface area (Å²) in [4.78, 5) is 11.1. The number of rotatable bonds is 4. The summed E-state index contributed by atoms with van der Waals surface area (Å²) in [5.74, 6) is -0.361. The van der Waals surface area contributed by atoms with Crippen LogP contribution in [-0.2, 0) is 6.61 Å². The summed E-state index contributed by atoms with van der Waals surface area (Å²) < 4.78 is 5.57. The van der Waals surface area contributed by atoms with E-state index in [1.807, 2.05) is 0 Å². The lowest BCUT2D eigenvalue weighted by Crippen LogP contribution is -2.11. The van der Waals surface area contributed by atoms with Gasteiger partial charge in [0.25, 0.3) is 0 Å². The Morgan fingerprint density at radius 3 is 2.14 bits per heavy atom. The summed E-state index contributed by atoms with van der Waals surface area (Å²) in [6, 6.07) is 7.85. The van der Waals surface area contributed by atoms with Gasteiger partial charge in [0, 0.05) is 21.2 Å². The van der Waals surface area contributed by atoms with E-state index < -0.39 is 5.91 Å². The molecule has 0 aliphatic rings. The highest BCUT2D eigenvalue weighted by Crippen LogP contribution is 2.35. The highest BCUT2D eigenvalue weighted by atomic mass is 35.5. The van der Waals surface area contributed by atoms with E-state index >= 15 is 0 Å². The molecular weight excluding hydrogens is 356 g/mol. The third-order valence-electron chi connectivity index (χ3n) is 2.67. The van der Waals surface area contributed by atoms with Crippen LogP contribution in [0.1, 0.15) is 15.9 Å². The molecule has 0 spiro atoms. The molecule has 2 aromatic rings. The van der Waals surface area contributed by atoms with Crippen molar-refractivity contribution in [3.63, 3.8) is 0 Å². The van der Waals surface area contributed by atoms with Crippen molar-refractivity contribution in [3.8, 4) is 5.75 Å². The van der Waals surface area contributed by atoms with E-state index in [4.69, 9.17) is 56.9 Å². The van der Waals surface area contributed by atoms with Gasteiger partial charge in [0.05, 0.1) is 10.0 Å². The fourth-order valence-electron chi connectivity index (χ4n) is 1.63. The van der Waals surface area contributed by atoms with Gasteiger partial charge < -0.3 is 10.5 Å². The molecule has 0 aromatic heterocycles. The Morgan fingerprint density at radius 2 is 1.62 bits per heavy atom. The normalized spacial score (nSPS) is 10.5. The SMILES string of the molecule is NC(=O)c1cc(Cl)c(OCc2ccc(Cl)cc2Cl)c(Cl)c1. The van der Waals surface area contributed by atoms with Crippen molar-refractivity contribution in [2.24, 2.45) is 5.73 Å². The zero-order chi connectivity index (χ0) is 15.6. The molecule has 0 unspecified atom stereocenters. The van der Waals surface area contributed by atoms with Crippen LogP contribution in [0.3, 0.4) is 0 Å². The van der Waals surface area contributed by atoms with Gasteiger partial charge in [0.15, 0.2) is 5.75 Å². The van der Waals surface area contributed by atoms with Crippen molar-refractivity contribution >= 4 is 52.3 Å². The van der Waals surface area contributed by atoms with Crippen LogP contribution in [0, 0.1) is 0 Å². The van der Waals surface area contributed by atoms with Crippen molar-refractivity contribution in [2.45, 2.75) is 6.61 Å². The molecule has 0 atom stereocenters. The Bertz CT molecular complexity index is 680. The molecule has 7 heteroatoms. The van der Waals surface area contributed by atoms with Crippen molar-refractivity contribution in [2.75, 3.05) is 0 Å². The van der Waals surface area contributed by atoms with Crippen molar-refractivity contribution in [1.29, 1.82) is 0 Å². The molecule has 0 radical (unpaired) electrons. The highest BCUT2D eigenvalue weighted by molar-refractivity contribution is 6.37. The Morgan fingerprint density at radius 1 is 1.00 bits per heavy atom. The zero-order valence-electron chi connectivity index (χ0n) is 10.5. The molecule has 2 N–H and O–H groups in total. The first kappa shape index (κ1) is 16.2. The average molecular weight is 365 g/mol. The largest absolute Gasteiger partial charge is 0.486 e. The van der Waals surface area contributed by atoms with E-state index in [1.165, 1.54) is 12.1 Å². The van der Waals surface area contributed by atoms with E-state index in [0.29, 0.717) is 10.0 Å². The lowest BCUT2D eigenvalue weighted by atomic mass is 10.2. The standard InChI is InChI=1S/C14H9Cl4NO2/c15-9-2-1-7(10(16)5-9)6-21-13-11(17)3-8(14(19)20)4-12(13)18/h1-5H,6H2,(H2,19,20). The Hall–Kier alpha value is -1.13. The van der Waals surface area contributed by atoms with Crippen LogP contribution < -0.4 is 10.5 Å². The number of halogens is 4. The van der Waals surface area contributed by atoms with E-state index in [9.17, 15) is 4.79 Å². The van der Waals surface area contributed by atoms with Crippen LogP contribution in [0.4, 0.5) is 0 Å². The zero-order valence-corrected chi connectivity index (χ0v) is 13.5. The number of amides is 1. The number of hydrogen-bond acceptors (Lipinski definition) is 2. The van der Waals surface area contributed by atoms with Crippen LogP contribution in [0.25, 0.3) is 0 Å². The van der Waals surface area contributed by atoms with Crippen molar-refractivity contribution in [1.82, 2.24) is 0 Å². The number of primary amides is 1. The smallest absolute Gasteiger partial charge is 0.248 e. The predicted molar refractivity (Wildman–Crippen MR) is 85.8 cm³/mol. The van der Waals surface area contributed by atoms with E-state index in [1.54, 1.807) is 18.2 Å². The minimum atomic E-state index is -0.619. The quantitative estimate of drug-likeness (QED) is 0.831. The van der Waals surface area contributed by atoms with Crippen LogP contribution in [0.2, 0.25) is 20.1 Å². The van der Waals surface area contributed by atoms with E-state index in [2.05, 4.69) is 0 Å². The van der Waals surface area contributed by atoms with Gasteiger partial charge in [0.2, 0.25) is 5.91 Å². The Labute approximate surface area is 141 Å². The van der Waals surface area contributed by atoms with E-state index in [-0.39, 0.29) is 28.0 Å². The molecule has 110 valence electrons. The number of benzene rings is 2. The maximum absolute atomic E-state index is 11.1.